The van der Waals surface area contributed by atoms with Crippen LogP contribution in [0.1, 0.15) is 31.1 Å². The molecule has 2 aromatic rings. The van der Waals surface area contributed by atoms with Gasteiger partial charge in [-0.3, -0.25) is 9.69 Å². The van der Waals surface area contributed by atoms with Crippen molar-refractivity contribution >= 4 is 46.2 Å². The Labute approximate surface area is 165 Å². The van der Waals surface area contributed by atoms with Gasteiger partial charge in [0.05, 0.1) is 10.7 Å². The molecule has 0 atom stereocenters. The van der Waals surface area contributed by atoms with Crippen LogP contribution in [0, 0.1) is 0 Å². The van der Waals surface area contributed by atoms with Gasteiger partial charge in [0, 0.05) is 30.9 Å². The molecule has 0 bridgehead atoms. The number of rotatable bonds is 3. The normalized spacial score (nSPS) is 11.0. The fraction of sp³-hybridized carbons (Fsp3) is 0.300. The van der Waals surface area contributed by atoms with Crippen LogP contribution in [0.3, 0.4) is 0 Å². The minimum atomic E-state index is -0.493. The number of amides is 1. The molecule has 0 aliphatic rings. The molecule has 6 heteroatoms. The molecule has 0 aromatic heterocycles. The van der Waals surface area contributed by atoms with Gasteiger partial charge in [-0.2, -0.15) is 0 Å². The molecule has 0 unspecified atom stereocenters. The van der Waals surface area contributed by atoms with Crippen LogP contribution >= 0.6 is 23.8 Å². The maximum Gasteiger partial charge on any atom is 0.260 e. The van der Waals surface area contributed by atoms with Crippen molar-refractivity contribution in [3.63, 3.8) is 0 Å². The first kappa shape index (κ1) is 20.2. The zero-order chi connectivity index (χ0) is 19.5. The van der Waals surface area contributed by atoms with Gasteiger partial charge in [0.25, 0.3) is 5.91 Å². The number of anilines is 2. The Morgan fingerprint density at radius 1 is 1.08 bits per heavy atom. The van der Waals surface area contributed by atoms with Gasteiger partial charge in [-0.05, 0) is 63.3 Å². The third-order valence-corrected chi connectivity index (χ3v) is 4.41. The molecule has 0 aliphatic carbocycles. The fourth-order valence-corrected chi connectivity index (χ4v) is 3.15. The van der Waals surface area contributed by atoms with Gasteiger partial charge in [0.2, 0.25) is 0 Å². The summed E-state index contributed by atoms with van der Waals surface area (Å²) in [5.41, 5.74) is 1.74. The number of benzene rings is 2. The Hall–Kier alpha value is -2.11. The van der Waals surface area contributed by atoms with E-state index in [2.05, 4.69) is 5.32 Å². The molecule has 1 N–H and O–H groups in total. The standard InChI is InChI=1S/C20H24ClN3OS/c1-20(2,3)24(18(25)14-9-7-6-8-10-14)19(26)22-17-12-11-15(23(4)5)13-16(17)21/h6-13H,1-5H3,(H,22,26). The number of nitrogens with zero attached hydrogens (tertiary/aromatic N) is 2. The average Bonchev–Trinajstić information content (AvgIpc) is 2.56. The first-order valence-corrected chi connectivity index (χ1v) is 9.07. The number of thiocarbonyl (C=S) groups is 1. The quantitative estimate of drug-likeness (QED) is 0.745. The summed E-state index contributed by atoms with van der Waals surface area (Å²) in [5.74, 6) is -0.156. The van der Waals surface area contributed by atoms with Crippen molar-refractivity contribution in [1.29, 1.82) is 0 Å². The van der Waals surface area contributed by atoms with Crippen molar-refractivity contribution in [3.05, 3.63) is 59.1 Å². The second-order valence-corrected chi connectivity index (χ2v) is 7.96. The molecule has 1 amide bonds. The molecule has 0 fully saturated rings. The number of halogens is 1. The van der Waals surface area contributed by atoms with E-state index in [-0.39, 0.29) is 5.91 Å². The van der Waals surface area contributed by atoms with Gasteiger partial charge in [-0.25, -0.2) is 0 Å². The highest BCUT2D eigenvalue weighted by atomic mass is 35.5. The predicted molar refractivity (Wildman–Crippen MR) is 114 cm³/mol. The van der Waals surface area contributed by atoms with Gasteiger partial charge < -0.3 is 10.2 Å². The van der Waals surface area contributed by atoms with E-state index in [0.29, 0.717) is 21.4 Å². The maximum atomic E-state index is 13.0. The van der Waals surface area contributed by atoms with E-state index in [1.54, 1.807) is 17.0 Å². The predicted octanol–water partition coefficient (Wildman–Crippen LogP) is 5.04. The third kappa shape index (κ3) is 4.74. The van der Waals surface area contributed by atoms with Crippen molar-refractivity contribution in [2.45, 2.75) is 26.3 Å². The number of nitrogens with one attached hydrogen (secondary N) is 1. The molecule has 4 nitrogen and oxygen atoms in total. The molecule has 0 radical (unpaired) electrons. The minimum Gasteiger partial charge on any atom is -0.378 e. The molecule has 26 heavy (non-hydrogen) atoms. The zero-order valence-electron chi connectivity index (χ0n) is 15.7. The molecule has 0 saturated carbocycles. The summed E-state index contributed by atoms with van der Waals surface area (Å²) in [6.45, 7) is 5.83. The molecule has 2 aromatic carbocycles. The smallest absolute Gasteiger partial charge is 0.260 e. The monoisotopic (exact) mass is 389 g/mol. The van der Waals surface area contributed by atoms with E-state index >= 15 is 0 Å². The molecule has 138 valence electrons. The van der Waals surface area contributed by atoms with Crippen molar-refractivity contribution < 1.29 is 4.79 Å². The summed E-state index contributed by atoms with van der Waals surface area (Å²) >= 11 is 11.9. The van der Waals surface area contributed by atoms with Crippen LogP contribution in [-0.4, -0.2) is 35.6 Å². The summed E-state index contributed by atoms with van der Waals surface area (Å²) in [6, 6.07) is 14.8. The highest BCUT2D eigenvalue weighted by molar-refractivity contribution is 7.80. The molecule has 0 saturated heterocycles. The third-order valence-electron chi connectivity index (χ3n) is 3.81. The SMILES string of the molecule is CN(C)c1ccc(NC(=S)N(C(=O)c2ccccc2)C(C)(C)C)c(Cl)c1. The summed E-state index contributed by atoms with van der Waals surface area (Å²) in [4.78, 5) is 16.6. The number of hydrogen-bond donors (Lipinski definition) is 1. The van der Waals surface area contributed by atoms with E-state index in [9.17, 15) is 4.79 Å². The molecule has 2 rings (SSSR count). The minimum absolute atomic E-state index is 0.156. The maximum absolute atomic E-state index is 13.0. The summed E-state index contributed by atoms with van der Waals surface area (Å²) in [5, 5.41) is 3.97. The van der Waals surface area contributed by atoms with Crippen molar-refractivity contribution in [3.8, 4) is 0 Å². The van der Waals surface area contributed by atoms with E-state index in [0.717, 1.165) is 5.69 Å². The second-order valence-electron chi connectivity index (χ2n) is 7.17. The van der Waals surface area contributed by atoms with E-state index in [4.69, 9.17) is 23.8 Å². The van der Waals surface area contributed by atoms with E-state index in [1.807, 2.05) is 76.2 Å². The van der Waals surface area contributed by atoms with Crippen molar-refractivity contribution in [2.24, 2.45) is 0 Å². The summed E-state index contributed by atoms with van der Waals surface area (Å²) < 4.78 is 0. The second kappa shape index (κ2) is 8.06. The van der Waals surface area contributed by atoms with Gasteiger partial charge in [-0.15, -0.1) is 0 Å². The van der Waals surface area contributed by atoms with Crippen molar-refractivity contribution in [1.82, 2.24) is 4.90 Å². The van der Waals surface area contributed by atoms with Gasteiger partial charge >= 0.3 is 0 Å². The van der Waals surface area contributed by atoms with E-state index < -0.39 is 5.54 Å². The summed E-state index contributed by atoms with van der Waals surface area (Å²) in [7, 11) is 3.90. The highest BCUT2D eigenvalue weighted by Crippen LogP contribution is 2.28. The van der Waals surface area contributed by atoms with Gasteiger partial charge in [0.15, 0.2) is 5.11 Å². The first-order chi connectivity index (χ1) is 12.1. The van der Waals surface area contributed by atoms with Crippen LogP contribution in [0.2, 0.25) is 5.02 Å². The highest BCUT2D eigenvalue weighted by Gasteiger charge is 2.31. The lowest BCUT2D eigenvalue weighted by molar-refractivity contribution is 0.0753. The van der Waals surface area contributed by atoms with Crippen molar-refractivity contribution in [2.75, 3.05) is 24.3 Å². The fourth-order valence-electron chi connectivity index (χ4n) is 2.47. The Bertz CT molecular complexity index is 800. The number of carbonyl (C=O) groups excluding carboxylic acids is 1. The molecular formula is C20H24ClN3OS. The van der Waals surface area contributed by atoms with Crippen LogP contribution in [-0.2, 0) is 0 Å². The Morgan fingerprint density at radius 3 is 2.19 bits per heavy atom. The topological polar surface area (TPSA) is 35.6 Å². The Morgan fingerprint density at radius 2 is 1.69 bits per heavy atom. The van der Waals surface area contributed by atoms with E-state index in [1.165, 1.54) is 0 Å². The number of hydrogen-bond acceptors (Lipinski definition) is 3. The van der Waals surface area contributed by atoms with Crippen LogP contribution in [0.25, 0.3) is 0 Å². The van der Waals surface area contributed by atoms with Crippen LogP contribution < -0.4 is 10.2 Å². The lowest BCUT2D eigenvalue weighted by atomic mass is 10.0. The van der Waals surface area contributed by atoms with Gasteiger partial charge in [0.1, 0.15) is 0 Å². The van der Waals surface area contributed by atoms with Crippen LogP contribution in [0.5, 0.6) is 0 Å². The largest absolute Gasteiger partial charge is 0.378 e. The average molecular weight is 390 g/mol. The Kier molecular flexibility index (Phi) is 6.26. The molecule has 0 spiro atoms. The molecular weight excluding hydrogens is 366 g/mol. The molecule has 0 aliphatic heterocycles. The number of carbonyl (C=O) groups is 1. The summed E-state index contributed by atoms with van der Waals surface area (Å²) in [6.07, 6.45) is 0. The Balaban J connectivity index is 2.30. The van der Waals surface area contributed by atoms with Gasteiger partial charge in [-0.1, -0.05) is 29.8 Å². The van der Waals surface area contributed by atoms with Crippen LogP contribution in [0.15, 0.2) is 48.5 Å². The lowest BCUT2D eigenvalue weighted by Gasteiger charge is -2.36. The molecule has 0 heterocycles. The first-order valence-electron chi connectivity index (χ1n) is 8.28. The van der Waals surface area contributed by atoms with Crippen LogP contribution in [0.4, 0.5) is 11.4 Å². The lowest BCUT2D eigenvalue weighted by Crippen LogP contribution is -2.51. The zero-order valence-corrected chi connectivity index (χ0v) is 17.3.